The molecule has 0 unspecified atom stereocenters. The van der Waals surface area contributed by atoms with Crippen molar-refractivity contribution < 1.29 is 14.7 Å². The van der Waals surface area contributed by atoms with Crippen molar-refractivity contribution in [2.75, 3.05) is 0 Å². The quantitative estimate of drug-likeness (QED) is 0.695. The molecule has 2 aliphatic carbocycles. The Kier molecular flexibility index (Phi) is 4.34. The molecule has 0 saturated heterocycles. The molecule has 3 aromatic rings. The zero-order valence-electron chi connectivity index (χ0n) is 16.8. The van der Waals surface area contributed by atoms with Crippen molar-refractivity contribution in [2.24, 2.45) is 11.8 Å². The van der Waals surface area contributed by atoms with E-state index in [0.717, 1.165) is 41.8 Å². The lowest BCUT2D eigenvalue weighted by Crippen LogP contribution is -2.49. The van der Waals surface area contributed by atoms with Crippen molar-refractivity contribution in [2.45, 2.75) is 44.6 Å². The average Bonchev–Trinajstić information content (AvgIpc) is 3.37. The smallest absolute Gasteiger partial charge is 0.325 e. The number of aromatic nitrogens is 4. The van der Waals surface area contributed by atoms with Crippen LogP contribution in [0.1, 0.15) is 43.0 Å². The number of carbonyl (C=O) groups excluding carboxylic acids is 1. The molecule has 0 aliphatic heterocycles. The zero-order valence-corrected chi connectivity index (χ0v) is 16.8. The van der Waals surface area contributed by atoms with E-state index in [1.54, 1.807) is 12.4 Å². The third-order valence-corrected chi connectivity index (χ3v) is 7.02. The lowest BCUT2D eigenvalue weighted by atomic mass is 9.53. The number of carbonyl (C=O) groups is 2. The number of hydrogen-bond acceptors (Lipinski definition) is 4. The van der Waals surface area contributed by atoms with Gasteiger partial charge in [-0.1, -0.05) is 37.3 Å². The minimum Gasteiger partial charge on any atom is -0.480 e. The summed E-state index contributed by atoms with van der Waals surface area (Å²) in [6.45, 7) is 1.89. The molecule has 2 heterocycles. The molecule has 0 amide bonds. The van der Waals surface area contributed by atoms with Crippen LogP contribution in [0.2, 0.25) is 0 Å². The van der Waals surface area contributed by atoms with E-state index in [-0.39, 0.29) is 23.8 Å². The van der Waals surface area contributed by atoms with E-state index in [4.69, 9.17) is 5.11 Å². The van der Waals surface area contributed by atoms with Crippen molar-refractivity contribution in [3.63, 3.8) is 0 Å². The molecule has 30 heavy (non-hydrogen) atoms. The first-order valence-electron chi connectivity index (χ1n) is 10.4. The van der Waals surface area contributed by atoms with Gasteiger partial charge in [0.2, 0.25) is 0 Å². The Bertz CT molecular complexity index is 1120. The van der Waals surface area contributed by atoms with Gasteiger partial charge in [-0.15, -0.1) is 0 Å². The van der Waals surface area contributed by atoms with Gasteiger partial charge in [-0.3, -0.25) is 19.4 Å². The number of H-pyrrole nitrogens is 1. The lowest BCUT2D eigenvalue weighted by molar-refractivity contribution is -0.137. The number of rotatable bonds is 4. The normalized spacial score (nSPS) is 25.6. The fraction of sp³-hybridized carbons (Fsp3) is 0.391. The predicted molar refractivity (Wildman–Crippen MR) is 110 cm³/mol. The van der Waals surface area contributed by atoms with Gasteiger partial charge in [0.25, 0.3) is 0 Å². The molecule has 2 aromatic heterocycles. The van der Waals surface area contributed by atoms with Crippen molar-refractivity contribution >= 4 is 11.8 Å². The van der Waals surface area contributed by atoms with Crippen molar-refractivity contribution in [3.05, 3.63) is 59.5 Å². The largest absolute Gasteiger partial charge is 0.480 e. The van der Waals surface area contributed by atoms with Crippen LogP contribution < -0.4 is 0 Å². The second-order valence-electron chi connectivity index (χ2n) is 8.48. The van der Waals surface area contributed by atoms with Crippen LogP contribution in [0.25, 0.3) is 11.3 Å². The Hall–Kier alpha value is -3.22. The van der Waals surface area contributed by atoms with E-state index in [2.05, 4.69) is 46.5 Å². The van der Waals surface area contributed by atoms with Gasteiger partial charge in [0.1, 0.15) is 12.3 Å². The first-order valence-corrected chi connectivity index (χ1v) is 10.4. The van der Waals surface area contributed by atoms with E-state index >= 15 is 0 Å². The zero-order chi connectivity index (χ0) is 20.9. The molecule has 5 rings (SSSR count). The Balaban J connectivity index is 1.64. The number of aliphatic carboxylic acids is 1. The van der Waals surface area contributed by atoms with Crippen molar-refractivity contribution in [3.8, 4) is 11.3 Å². The molecule has 1 saturated carbocycles. The highest BCUT2D eigenvalue weighted by Gasteiger charge is 2.53. The molecule has 0 radical (unpaired) electrons. The Labute approximate surface area is 174 Å². The summed E-state index contributed by atoms with van der Waals surface area (Å²) in [5.41, 5.74) is 4.88. The molecule has 3 atom stereocenters. The summed E-state index contributed by atoms with van der Waals surface area (Å²) in [7, 11) is 0. The van der Waals surface area contributed by atoms with Gasteiger partial charge < -0.3 is 5.11 Å². The van der Waals surface area contributed by atoms with Gasteiger partial charge in [-0.05, 0) is 30.7 Å². The molecule has 2 aliphatic rings. The average molecular weight is 404 g/mol. The van der Waals surface area contributed by atoms with Crippen molar-refractivity contribution in [1.29, 1.82) is 0 Å². The maximum absolute atomic E-state index is 12.6. The Morgan fingerprint density at radius 1 is 1.30 bits per heavy atom. The molecule has 0 spiro atoms. The van der Waals surface area contributed by atoms with Crippen molar-refractivity contribution in [1.82, 2.24) is 20.0 Å². The summed E-state index contributed by atoms with van der Waals surface area (Å²) in [5.74, 6) is -0.334. The SMILES string of the molecule is C[C@@H]1C(=O)CC[C@]2(c3ccccc3)c3[nH]nc(-c4cnn(CC(=O)O)c4)c3CC[C@@H]12. The lowest BCUT2D eigenvalue weighted by Gasteiger charge is -2.49. The minimum atomic E-state index is -0.930. The molecule has 154 valence electrons. The van der Waals surface area contributed by atoms with Gasteiger partial charge in [-0.25, -0.2) is 0 Å². The fourth-order valence-electron chi connectivity index (χ4n) is 5.66. The molecule has 1 aromatic carbocycles. The number of nitrogens with zero attached hydrogens (tertiary/aromatic N) is 3. The first kappa shape index (κ1) is 18.8. The van der Waals surface area contributed by atoms with Gasteiger partial charge in [0, 0.05) is 40.8 Å². The summed E-state index contributed by atoms with van der Waals surface area (Å²) in [6, 6.07) is 10.5. The minimum absolute atomic E-state index is 0.0113. The number of carboxylic acid groups (broad SMARTS) is 1. The molecule has 7 heteroatoms. The highest BCUT2D eigenvalue weighted by atomic mass is 16.4. The van der Waals surface area contributed by atoms with E-state index in [9.17, 15) is 9.59 Å². The number of hydrogen-bond donors (Lipinski definition) is 2. The number of fused-ring (bicyclic) bond motifs is 3. The monoisotopic (exact) mass is 404 g/mol. The van der Waals surface area contributed by atoms with Crippen LogP contribution in [0.3, 0.4) is 0 Å². The van der Waals surface area contributed by atoms with Gasteiger partial charge in [0.15, 0.2) is 0 Å². The third-order valence-electron chi connectivity index (χ3n) is 7.02. The van der Waals surface area contributed by atoms with E-state index in [0.29, 0.717) is 12.2 Å². The van der Waals surface area contributed by atoms with E-state index in [1.807, 2.05) is 6.07 Å². The van der Waals surface area contributed by atoms with Crippen LogP contribution in [0.15, 0.2) is 42.7 Å². The topological polar surface area (TPSA) is 101 Å². The molecule has 7 nitrogen and oxygen atoms in total. The highest BCUT2D eigenvalue weighted by molar-refractivity contribution is 5.83. The van der Waals surface area contributed by atoms with Crippen LogP contribution in [0.5, 0.6) is 0 Å². The summed E-state index contributed by atoms with van der Waals surface area (Å²) in [4.78, 5) is 23.6. The Morgan fingerprint density at radius 2 is 2.10 bits per heavy atom. The first-order chi connectivity index (χ1) is 14.5. The number of carboxylic acids is 1. The highest BCUT2D eigenvalue weighted by Crippen LogP contribution is 2.55. The fourth-order valence-corrected chi connectivity index (χ4v) is 5.66. The third kappa shape index (κ3) is 2.72. The van der Waals surface area contributed by atoms with Crippen LogP contribution in [-0.4, -0.2) is 36.8 Å². The summed E-state index contributed by atoms with van der Waals surface area (Å²) in [5, 5.41) is 21.2. The second kappa shape index (κ2) is 6.93. The second-order valence-corrected chi connectivity index (χ2v) is 8.48. The number of Topliss-reactive ketones (excluding diaryl/α,β-unsaturated/α-hetero) is 1. The van der Waals surface area contributed by atoms with Gasteiger partial charge in [-0.2, -0.15) is 10.2 Å². The van der Waals surface area contributed by atoms with E-state index < -0.39 is 5.97 Å². The number of nitrogens with one attached hydrogen (secondary N) is 1. The number of aromatic amines is 1. The summed E-state index contributed by atoms with van der Waals surface area (Å²) in [6.07, 6.45) is 6.51. The molecule has 0 bridgehead atoms. The maximum atomic E-state index is 12.6. The molecule has 1 fully saturated rings. The molecular formula is C23H24N4O3. The summed E-state index contributed by atoms with van der Waals surface area (Å²) >= 11 is 0. The predicted octanol–water partition coefficient (Wildman–Crippen LogP) is 3.21. The standard InChI is InChI=1S/C23H24N4O3/c1-14-18-8-7-17-21(15-11-24-27(12-15)13-20(29)30)25-26-22(17)23(18,10-9-19(14)28)16-5-3-2-4-6-16/h2-6,11-12,14,18H,7-10,13H2,1H3,(H,25,26)(H,29,30)/t14-,18-,23+/m0/s1. The van der Waals surface area contributed by atoms with Crippen LogP contribution in [0, 0.1) is 11.8 Å². The number of benzene rings is 1. The van der Waals surface area contributed by atoms with Gasteiger partial charge >= 0.3 is 5.97 Å². The molecule has 2 N–H and O–H groups in total. The van der Waals surface area contributed by atoms with Crippen LogP contribution in [0.4, 0.5) is 0 Å². The van der Waals surface area contributed by atoms with Gasteiger partial charge in [0.05, 0.1) is 11.9 Å². The molecular weight excluding hydrogens is 380 g/mol. The maximum Gasteiger partial charge on any atom is 0.325 e. The Morgan fingerprint density at radius 3 is 2.87 bits per heavy atom. The van der Waals surface area contributed by atoms with Crippen LogP contribution >= 0.6 is 0 Å². The summed E-state index contributed by atoms with van der Waals surface area (Å²) < 4.78 is 1.42. The van der Waals surface area contributed by atoms with E-state index in [1.165, 1.54) is 10.2 Å². The number of ketones is 1. The van der Waals surface area contributed by atoms with Crippen LogP contribution in [-0.2, 0) is 28.0 Å².